The third-order valence-electron chi connectivity index (χ3n) is 5.02. The van der Waals surface area contributed by atoms with Gasteiger partial charge in [0.25, 0.3) is 0 Å². The van der Waals surface area contributed by atoms with E-state index in [1.807, 2.05) is 0 Å². The molecule has 1 aromatic heterocycles. The Morgan fingerprint density at radius 2 is 1.85 bits per heavy atom. The molecular weight excluding hydrogens is 318 g/mol. The van der Waals surface area contributed by atoms with Crippen LogP contribution in [0.25, 0.3) is 0 Å². The monoisotopic (exact) mass is 339 g/mol. The van der Waals surface area contributed by atoms with E-state index in [1.54, 1.807) is 0 Å². The van der Waals surface area contributed by atoms with Crippen LogP contribution in [0.15, 0.2) is 4.47 Å². The Morgan fingerprint density at radius 3 is 2.70 bits per heavy atom. The highest BCUT2D eigenvalue weighted by Crippen LogP contribution is 2.41. The predicted molar refractivity (Wildman–Crippen MR) is 83.3 cm³/mol. The summed E-state index contributed by atoms with van der Waals surface area (Å²) < 4.78 is 3.48. The molecule has 4 heterocycles. The van der Waals surface area contributed by atoms with Crippen molar-refractivity contribution in [3.8, 4) is 0 Å². The second-order valence-corrected chi connectivity index (χ2v) is 7.01. The highest BCUT2D eigenvalue weighted by atomic mass is 79.9. The first-order chi connectivity index (χ1) is 9.84. The Balaban J connectivity index is 1.68. The number of rotatable bonds is 1. The fourth-order valence-electron chi connectivity index (χ4n) is 3.85. The Kier molecular flexibility index (Phi) is 3.48. The average Bonchev–Trinajstić information content (AvgIpc) is 2.86. The largest absolute Gasteiger partial charge is 0.369 e. The fourth-order valence-corrected chi connectivity index (χ4v) is 4.58. The smallest absolute Gasteiger partial charge is 0.139 e. The molecule has 2 saturated heterocycles. The van der Waals surface area contributed by atoms with E-state index in [0.29, 0.717) is 17.9 Å². The Bertz CT molecular complexity index is 494. The number of piperidine rings is 2. The van der Waals surface area contributed by atoms with Crippen LogP contribution in [0.3, 0.4) is 0 Å². The summed E-state index contributed by atoms with van der Waals surface area (Å²) in [7, 11) is 0. The molecule has 0 amide bonds. The quantitative estimate of drug-likeness (QED) is 0.728. The molecule has 0 saturated carbocycles. The van der Waals surface area contributed by atoms with Gasteiger partial charge in [0.05, 0.1) is 16.2 Å². The van der Waals surface area contributed by atoms with Gasteiger partial charge in [0, 0.05) is 24.9 Å². The van der Waals surface area contributed by atoms with Crippen molar-refractivity contribution in [2.75, 3.05) is 38.0 Å². The van der Waals surface area contributed by atoms with Crippen molar-refractivity contribution >= 4 is 21.7 Å². The van der Waals surface area contributed by atoms with E-state index >= 15 is 0 Å². The van der Waals surface area contributed by atoms with Crippen molar-refractivity contribution in [3.05, 3.63) is 10.2 Å². The zero-order chi connectivity index (χ0) is 13.5. The fraction of sp³-hybridized carbons (Fsp3) is 0.786. The lowest BCUT2D eigenvalue weighted by molar-refractivity contribution is 0.236. The Hall–Kier alpha value is -0.590. The maximum atomic E-state index is 5.01. The number of fused-ring (bicyclic) bond motifs is 3. The van der Waals surface area contributed by atoms with E-state index < -0.39 is 0 Å². The molecule has 4 rings (SSSR count). The van der Waals surface area contributed by atoms with Crippen molar-refractivity contribution in [2.24, 2.45) is 5.92 Å². The molecule has 0 radical (unpaired) electrons. The van der Waals surface area contributed by atoms with Gasteiger partial charge in [0.1, 0.15) is 5.82 Å². The molecule has 0 aromatic carbocycles. The average molecular weight is 340 g/mol. The molecule has 0 bridgehead atoms. The third kappa shape index (κ3) is 2.09. The number of anilines is 1. The lowest BCUT2D eigenvalue weighted by atomic mass is 9.92. The first-order valence-corrected chi connectivity index (χ1v) is 8.57. The van der Waals surface area contributed by atoms with Crippen LogP contribution in [-0.4, -0.2) is 42.5 Å². The molecule has 110 valence electrons. The van der Waals surface area contributed by atoms with Crippen molar-refractivity contribution in [1.82, 2.24) is 20.4 Å². The van der Waals surface area contributed by atoms with Gasteiger partial charge in [-0.25, -0.2) is 4.68 Å². The van der Waals surface area contributed by atoms with E-state index in [0.717, 1.165) is 32.7 Å². The minimum absolute atomic E-state index is 0.569. The van der Waals surface area contributed by atoms with Crippen LogP contribution in [0.5, 0.6) is 0 Å². The summed E-state index contributed by atoms with van der Waals surface area (Å²) in [4.78, 5) is 0. The van der Waals surface area contributed by atoms with Crippen LogP contribution in [0.4, 0.5) is 5.82 Å². The molecule has 1 aromatic rings. The number of aromatic nitrogens is 2. The first-order valence-electron chi connectivity index (χ1n) is 7.78. The van der Waals surface area contributed by atoms with Crippen molar-refractivity contribution in [2.45, 2.75) is 31.2 Å². The molecule has 3 aliphatic rings. The highest BCUT2D eigenvalue weighted by molar-refractivity contribution is 9.10. The van der Waals surface area contributed by atoms with Gasteiger partial charge >= 0.3 is 0 Å². The minimum atomic E-state index is 0.569. The van der Waals surface area contributed by atoms with Gasteiger partial charge in [-0.15, -0.1) is 0 Å². The van der Waals surface area contributed by atoms with Crippen molar-refractivity contribution in [3.63, 3.8) is 0 Å². The topological polar surface area (TPSA) is 53.9 Å². The second-order valence-electron chi connectivity index (χ2n) is 6.22. The predicted octanol–water partition coefficient (Wildman–Crippen LogP) is 1.69. The lowest BCUT2D eigenvalue weighted by Crippen LogP contribution is -2.44. The zero-order valence-corrected chi connectivity index (χ0v) is 13.2. The van der Waals surface area contributed by atoms with Gasteiger partial charge in [-0.2, -0.15) is 5.10 Å². The molecule has 0 aliphatic carbocycles. The number of nitrogens with zero attached hydrogens (tertiary/aromatic N) is 2. The number of nitrogens with one attached hydrogen (secondary N) is 3. The van der Waals surface area contributed by atoms with Gasteiger partial charge < -0.3 is 16.0 Å². The SMILES string of the molecule is Brc1c(C2CCNCC2)nn2c1NCC1CNCCC12. The summed E-state index contributed by atoms with van der Waals surface area (Å²) in [5, 5.41) is 15.5. The van der Waals surface area contributed by atoms with Crippen LogP contribution < -0.4 is 16.0 Å². The molecule has 3 aliphatic heterocycles. The molecular formula is C14H22BrN5. The Morgan fingerprint density at radius 1 is 1.05 bits per heavy atom. The van der Waals surface area contributed by atoms with Crippen molar-refractivity contribution in [1.29, 1.82) is 0 Å². The van der Waals surface area contributed by atoms with Gasteiger partial charge in [0.15, 0.2) is 0 Å². The number of halogens is 1. The lowest BCUT2D eigenvalue weighted by Gasteiger charge is -2.37. The molecule has 6 heteroatoms. The first kappa shape index (κ1) is 13.1. The molecule has 2 fully saturated rings. The maximum Gasteiger partial charge on any atom is 0.139 e. The summed E-state index contributed by atoms with van der Waals surface area (Å²) in [6.45, 7) is 5.51. The van der Waals surface area contributed by atoms with Crippen LogP contribution >= 0.6 is 15.9 Å². The van der Waals surface area contributed by atoms with E-state index in [2.05, 4.69) is 36.6 Å². The molecule has 3 N–H and O–H groups in total. The normalized spacial score (nSPS) is 30.4. The molecule has 0 spiro atoms. The Labute approximate surface area is 128 Å². The molecule has 2 unspecified atom stereocenters. The van der Waals surface area contributed by atoms with Gasteiger partial charge in [-0.05, 0) is 54.8 Å². The summed E-state index contributed by atoms with van der Waals surface area (Å²) >= 11 is 3.81. The molecule has 5 nitrogen and oxygen atoms in total. The van der Waals surface area contributed by atoms with Crippen LogP contribution in [0.2, 0.25) is 0 Å². The summed E-state index contributed by atoms with van der Waals surface area (Å²) in [5.74, 6) is 2.48. The van der Waals surface area contributed by atoms with Gasteiger partial charge in [0.2, 0.25) is 0 Å². The summed E-state index contributed by atoms with van der Waals surface area (Å²) in [6, 6.07) is 0.569. The second kappa shape index (κ2) is 5.31. The van der Waals surface area contributed by atoms with E-state index in [9.17, 15) is 0 Å². The molecule has 2 atom stereocenters. The number of hydrogen-bond acceptors (Lipinski definition) is 4. The van der Waals surface area contributed by atoms with Crippen molar-refractivity contribution < 1.29 is 0 Å². The van der Waals surface area contributed by atoms with Gasteiger partial charge in [-0.1, -0.05) is 0 Å². The minimum Gasteiger partial charge on any atom is -0.369 e. The molecule has 20 heavy (non-hydrogen) atoms. The summed E-state index contributed by atoms with van der Waals surface area (Å²) in [6.07, 6.45) is 3.59. The van der Waals surface area contributed by atoms with Crippen LogP contribution in [0, 0.1) is 5.92 Å². The highest BCUT2D eigenvalue weighted by Gasteiger charge is 2.35. The van der Waals surface area contributed by atoms with Crippen LogP contribution in [-0.2, 0) is 0 Å². The third-order valence-corrected chi connectivity index (χ3v) is 5.80. The van der Waals surface area contributed by atoms with E-state index in [1.165, 1.54) is 35.2 Å². The van der Waals surface area contributed by atoms with E-state index in [4.69, 9.17) is 5.10 Å². The zero-order valence-electron chi connectivity index (χ0n) is 11.7. The standard InChI is InChI=1S/C14H22BrN5/c15-12-13(9-1-4-16-5-2-9)19-20-11-3-6-17-7-10(11)8-18-14(12)20/h9-11,16-18H,1-8H2. The van der Waals surface area contributed by atoms with Crippen LogP contribution in [0.1, 0.15) is 36.9 Å². The van der Waals surface area contributed by atoms with Gasteiger partial charge in [-0.3, -0.25) is 0 Å². The maximum absolute atomic E-state index is 5.01. The number of hydrogen-bond donors (Lipinski definition) is 3. The summed E-state index contributed by atoms with van der Waals surface area (Å²) in [5.41, 5.74) is 1.27. The van der Waals surface area contributed by atoms with E-state index in [-0.39, 0.29) is 0 Å².